The topological polar surface area (TPSA) is 43.6 Å². The molecule has 0 unspecified atom stereocenters. The minimum absolute atomic E-state index is 0.197. The normalized spacial score (nSPS) is 14.7. The van der Waals surface area contributed by atoms with Gasteiger partial charge in [0.2, 0.25) is 5.28 Å². The fraction of sp³-hybridized carbons (Fsp3) is 0.364. The summed E-state index contributed by atoms with van der Waals surface area (Å²) in [5, 5.41) is 0.683. The van der Waals surface area contributed by atoms with Gasteiger partial charge in [0.25, 0.3) is 0 Å². The molecule has 2 aromatic heterocycles. The van der Waals surface area contributed by atoms with E-state index in [0.717, 1.165) is 18.5 Å². The third-order valence-electron chi connectivity index (χ3n) is 2.95. The molecule has 0 saturated carbocycles. The molecular weight excluding hydrogens is 259 g/mol. The first-order valence-electron chi connectivity index (χ1n) is 5.49. The molecule has 0 bridgehead atoms. The van der Waals surface area contributed by atoms with Crippen molar-refractivity contribution < 1.29 is 0 Å². The molecule has 2 heterocycles. The molecule has 4 nitrogen and oxygen atoms in total. The number of hydrogen-bond donors (Lipinski definition) is 0. The average Bonchev–Trinajstić information content (AvgIpc) is 2.76. The highest BCUT2D eigenvalue weighted by atomic mass is 35.5. The van der Waals surface area contributed by atoms with Gasteiger partial charge in [-0.1, -0.05) is 11.6 Å². The fourth-order valence-electron chi connectivity index (χ4n) is 2.16. The minimum Gasteiger partial charge on any atom is -0.286 e. The van der Waals surface area contributed by atoms with Crippen LogP contribution in [0.2, 0.25) is 10.3 Å². The lowest BCUT2D eigenvalue weighted by Crippen LogP contribution is -2.08. The van der Waals surface area contributed by atoms with Crippen molar-refractivity contribution in [2.45, 2.75) is 25.7 Å². The Morgan fingerprint density at radius 2 is 1.94 bits per heavy atom. The van der Waals surface area contributed by atoms with Crippen molar-refractivity contribution in [2.24, 2.45) is 0 Å². The van der Waals surface area contributed by atoms with Crippen LogP contribution in [0.5, 0.6) is 0 Å². The van der Waals surface area contributed by atoms with Gasteiger partial charge in [0.1, 0.15) is 11.3 Å². The third-order valence-corrected chi connectivity index (χ3v) is 3.40. The van der Waals surface area contributed by atoms with Crippen molar-refractivity contribution in [1.29, 1.82) is 0 Å². The van der Waals surface area contributed by atoms with E-state index < -0.39 is 0 Å². The van der Waals surface area contributed by atoms with E-state index in [9.17, 15) is 0 Å². The van der Waals surface area contributed by atoms with Crippen molar-refractivity contribution in [2.75, 3.05) is 0 Å². The van der Waals surface area contributed by atoms with Gasteiger partial charge in [-0.15, -0.1) is 0 Å². The highest BCUT2D eigenvalue weighted by Gasteiger charge is 2.18. The molecular formula is C11H10Cl2N4. The zero-order valence-electron chi connectivity index (χ0n) is 9.03. The van der Waals surface area contributed by atoms with Crippen LogP contribution in [0.4, 0.5) is 0 Å². The molecule has 0 radical (unpaired) electrons. The average molecular weight is 269 g/mol. The van der Waals surface area contributed by atoms with E-state index in [-0.39, 0.29) is 5.28 Å². The number of rotatable bonds is 1. The van der Waals surface area contributed by atoms with Crippen LogP contribution in [-0.2, 0) is 12.8 Å². The van der Waals surface area contributed by atoms with Gasteiger partial charge in [0, 0.05) is 5.69 Å². The summed E-state index contributed by atoms with van der Waals surface area (Å²) in [6.45, 7) is 0. The second-order valence-electron chi connectivity index (χ2n) is 4.03. The smallest absolute Gasteiger partial charge is 0.224 e. The predicted octanol–water partition coefficient (Wildman–Crippen LogP) is 2.85. The highest BCUT2D eigenvalue weighted by Crippen LogP contribution is 2.26. The molecule has 6 heteroatoms. The summed E-state index contributed by atoms with van der Waals surface area (Å²) in [4.78, 5) is 12.4. The van der Waals surface area contributed by atoms with Crippen LogP contribution in [0.15, 0.2) is 12.5 Å². The number of fused-ring (bicyclic) bond motifs is 1. The molecule has 1 aliphatic carbocycles. The summed E-state index contributed by atoms with van der Waals surface area (Å²) in [5.74, 6) is 0.613. The van der Waals surface area contributed by atoms with Gasteiger partial charge in [-0.2, -0.15) is 4.98 Å². The molecule has 0 N–H and O–H groups in total. The quantitative estimate of drug-likeness (QED) is 0.748. The zero-order valence-corrected chi connectivity index (χ0v) is 10.5. The number of nitrogens with zero attached hydrogens (tertiary/aromatic N) is 4. The number of halogens is 2. The summed E-state index contributed by atoms with van der Waals surface area (Å²) in [6, 6.07) is 0. The molecule has 17 heavy (non-hydrogen) atoms. The Labute approximate surface area is 109 Å². The van der Waals surface area contributed by atoms with Crippen molar-refractivity contribution in [3.8, 4) is 5.82 Å². The van der Waals surface area contributed by atoms with Crippen LogP contribution in [0, 0.1) is 0 Å². The maximum atomic E-state index is 6.10. The van der Waals surface area contributed by atoms with E-state index in [4.69, 9.17) is 23.2 Å². The Morgan fingerprint density at radius 1 is 1.12 bits per heavy atom. The summed E-state index contributed by atoms with van der Waals surface area (Å²) >= 11 is 11.9. The number of aryl methyl sites for hydroxylation is 1. The third kappa shape index (κ3) is 1.91. The molecule has 88 valence electrons. The number of hydrogen-bond acceptors (Lipinski definition) is 3. The molecule has 0 fully saturated rings. The second-order valence-corrected chi connectivity index (χ2v) is 4.77. The standard InChI is InChI=1S/C11H10Cl2N4/c12-7-5-14-11(13)16-10(7)17-6-15-8-3-1-2-4-9(8)17/h5-6H,1-4H2. The van der Waals surface area contributed by atoms with Crippen LogP contribution in [0.1, 0.15) is 24.2 Å². The van der Waals surface area contributed by atoms with Crippen molar-refractivity contribution >= 4 is 23.2 Å². The molecule has 0 atom stereocenters. The van der Waals surface area contributed by atoms with E-state index in [1.165, 1.54) is 24.7 Å². The minimum atomic E-state index is 0.197. The molecule has 0 amide bonds. The summed E-state index contributed by atoms with van der Waals surface area (Å²) in [6.07, 6.45) is 7.69. The second kappa shape index (κ2) is 4.27. The van der Waals surface area contributed by atoms with E-state index in [1.54, 1.807) is 6.33 Å². The Morgan fingerprint density at radius 3 is 2.82 bits per heavy atom. The lowest BCUT2D eigenvalue weighted by molar-refractivity contribution is 0.654. The first kappa shape index (κ1) is 11.0. The maximum absolute atomic E-state index is 6.10. The van der Waals surface area contributed by atoms with Gasteiger partial charge < -0.3 is 0 Å². The largest absolute Gasteiger partial charge is 0.286 e. The molecule has 3 rings (SSSR count). The Kier molecular flexibility index (Phi) is 2.76. The van der Waals surface area contributed by atoms with Gasteiger partial charge in [0.05, 0.1) is 11.9 Å². The van der Waals surface area contributed by atoms with Gasteiger partial charge in [-0.25, -0.2) is 9.97 Å². The van der Waals surface area contributed by atoms with Crippen molar-refractivity contribution in [3.05, 3.63) is 34.2 Å². The van der Waals surface area contributed by atoms with E-state index in [0.29, 0.717) is 10.8 Å². The SMILES string of the molecule is Clc1ncc(Cl)c(-n2cnc3c2CCCC3)n1. The van der Waals surface area contributed by atoms with E-state index >= 15 is 0 Å². The maximum Gasteiger partial charge on any atom is 0.224 e. The van der Waals surface area contributed by atoms with E-state index in [2.05, 4.69) is 15.0 Å². The summed E-state index contributed by atoms with van der Waals surface area (Å²) in [5.41, 5.74) is 2.33. The predicted molar refractivity (Wildman–Crippen MR) is 65.8 cm³/mol. The first-order valence-corrected chi connectivity index (χ1v) is 6.25. The Hall–Kier alpha value is -1.13. The number of aromatic nitrogens is 4. The van der Waals surface area contributed by atoms with Gasteiger partial charge >= 0.3 is 0 Å². The van der Waals surface area contributed by atoms with Gasteiger partial charge in [-0.3, -0.25) is 4.57 Å². The molecule has 0 spiro atoms. The van der Waals surface area contributed by atoms with Gasteiger partial charge in [-0.05, 0) is 37.3 Å². The van der Waals surface area contributed by atoms with Crippen LogP contribution in [0.3, 0.4) is 0 Å². The molecule has 0 aliphatic heterocycles. The fourth-order valence-corrected chi connectivity index (χ4v) is 2.47. The van der Waals surface area contributed by atoms with Crippen LogP contribution < -0.4 is 0 Å². The highest BCUT2D eigenvalue weighted by molar-refractivity contribution is 6.32. The van der Waals surface area contributed by atoms with Crippen molar-refractivity contribution in [3.63, 3.8) is 0 Å². The lowest BCUT2D eigenvalue weighted by atomic mass is 10.0. The zero-order chi connectivity index (χ0) is 11.8. The lowest BCUT2D eigenvalue weighted by Gasteiger charge is -2.13. The van der Waals surface area contributed by atoms with Crippen molar-refractivity contribution in [1.82, 2.24) is 19.5 Å². The Balaban J connectivity index is 2.15. The summed E-state index contributed by atoms with van der Waals surface area (Å²) < 4.78 is 1.92. The van der Waals surface area contributed by atoms with Crippen LogP contribution in [-0.4, -0.2) is 19.5 Å². The van der Waals surface area contributed by atoms with E-state index in [1.807, 2.05) is 4.57 Å². The molecule has 0 saturated heterocycles. The summed E-state index contributed by atoms with van der Waals surface area (Å²) in [7, 11) is 0. The number of imidazole rings is 1. The van der Waals surface area contributed by atoms with Crippen LogP contribution >= 0.6 is 23.2 Å². The molecule has 0 aromatic carbocycles. The molecule has 2 aromatic rings. The van der Waals surface area contributed by atoms with Crippen LogP contribution in [0.25, 0.3) is 5.82 Å². The van der Waals surface area contributed by atoms with Gasteiger partial charge in [0.15, 0.2) is 5.82 Å². The first-order chi connectivity index (χ1) is 8.25. The Bertz CT molecular complexity index is 565. The monoisotopic (exact) mass is 268 g/mol. The molecule has 1 aliphatic rings.